The van der Waals surface area contributed by atoms with Gasteiger partial charge in [-0.2, -0.15) is 0 Å². The van der Waals surface area contributed by atoms with Crippen molar-refractivity contribution in [2.24, 2.45) is 5.73 Å². The van der Waals surface area contributed by atoms with Crippen molar-refractivity contribution >= 4 is 0 Å². The summed E-state index contributed by atoms with van der Waals surface area (Å²) < 4.78 is 12.7. The fraction of sp³-hybridized carbons (Fsp3) is 0.467. The molecule has 6 nitrogen and oxygen atoms in total. The number of benzene rings is 1. The van der Waals surface area contributed by atoms with Crippen molar-refractivity contribution < 1.29 is 9.47 Å². The second-order valence-electron chi connectivity index (χ2n) is 4.68. The zero-order valence-electron chi connectivity index (χ0n) is 12.6. The Balaban J connectivity index is 1.91. The first-order valence-electron chi connectivity index (χ1n) is 7.16. The first-order chi connectivity index (χ1) is 10.3. The Morgan fingerprint density at radius 1 is 1.19 bits per heavy atom. The van der Waals surface area contributed by atoms with Gasteiger partial charge in [0.2, 0.25) is 0 Å². The fourth-order valence-corrected chi connectivity index (χ4v) is 2.14. The summed E-state index contributed by atoms with van der Waals surface area (Å²) in [6.45, 7) is 3.75. The van der Waals surface area contributed by atoms with Crippen LogP contribution in [0.15, 0.2) is 24.3 Å². The van der Waals surface area contributed by atoms with Crippen LogP contribution in [-0.4, -0.2) is 28.7 Å². The molecule has 2 rings (SSSR count). The van der Waals surface area contributed by atoms with Crippen molar-refractivity contribution in [3.63, 3.8) is 0 Å². The molecule has 0 unspecified atom stereocenters. The Hall–Kier alpha value is -2.08. The minimum Gasteiger partial charge on any atom is -0.497 e. The van der Waals surface area contributed by atoms with Gasteiger partial charge in [-0.05, 0) is 30.7 Å². The van der Waals surface area contributed by atoms with Crippen molar-refractivity contribution in [1.29, 1.82) is 0 Å². The van der Waals surface area contributed by atoms with E-state index in [1.807, 2.05) is 28.9 Å². The molecule has 114 valence electrons. The van der Waals surface area contributed by atoms with Crippen LogP contribution in [-0.2, 0) is 19.5 Å². The minimum absolute atomic E-state index is 0.425. The summed E-state index contributed by atoms with van der Waals surface area (Å²) in [5.41, 5.74) is 7.67. The lowest BCUT2D eigenvalue weighted by Crippen LogP contribution is -2.13. The van der Waals surface area contributed by atoms with Gasteiger partial charge in [-0.25, -0.2) is 4.68 Å². The van der Waals surface area contributed by atoms with E-state index < -0.39 is 0 Å². The smallest absolute Gasteiger partial charge is 0.119 e. The van der Waals surface area contributed by atoms with Crippen LogP contribution in [0.4, 0.5) is 0 Å². The van der Waals surface area contributed by atoms with Crippen molar-refractivity contribution in [2.75, 3.05) is 13.7 Å². The summed E-state index contributed by atoms with van der Waals surface area (Å²) in [4.78, 5) is 0. The molecular weight excluding hydrogens is 268 g/mol. The van der Waals surface area contributed by atoms with Crippen molar-refractivity contribution in [3.05, 3.63) is 35.7 Å². The standard InChI is InChI=1S/C15H22N4O2/c1-3-4-15-14(11-16)17-18-19(15)9-10-21-13-7-5-12(20-2)6-8-13/h5-8H,3-4,9-11,16H2,1-2H3. The third-order valence-corrected chi connectivity index (χ3v) is 3.23. The molecule has 1 heterocycles. The van der Waals surface area contributed by atoms with E-state index in [-0.39, 0.29) is 0 Å². The summed E-state index contributed by atoms with van der Waals surface area (Å²) in [5, 5.41) is 8.27. The van der Waals surface area contributed by atoms with Crippen LogP contribution in [0.5, 0.6) is 11.5 Å². The lowest BCUT2D eigenvalue weighted by molar-refractivity contribution is 0.287. The van der Waals surface area contributed by atoms with Gasteiger partial charge in [0.05, 0.1) is 25.0 Å². The second-order valence-corrected chi connectivity index (χ2v) is 4.68. The van der Waals surface area contributed by atoms with E-state index in [0.29, 0.717) is 19.7 Å². The monoisotopic (exact) mass is 290 g/mol. The van der Waals surface area contributed by atoms with Gasteiger partial charge in [-0.3, -0.25) is 0 Å². The zero-order chi connectivity index (χ0) is 15.1. The highest BCUT2D eigenvalue weighted by atomic mass is 16.5. The molecule has 2 aromatic rings. The molecule has 0 fully saturated rings. The van der Waals surface area contributed by atoms with Gasteiger partial charge in [0.25, 0.3) is 0 Å². The number of ether oxygens (including phenoxy) is 2. The molecular formula is C15H22N4O2. The molecule has 0 spiro atoms. The van der Waals surface area contributed by atoms with Gasteiger partial charge >= 0.3 is 0 Å². The van der Waals surface area contributed by atoms with E-state index in [0.717, 1.165) is 35.7 Å². The van der Waals surface area contributed by atoms with Crippen LogP contribution in [0.2, 0.25) is 0 Å². The molecule has 0 aliphatic heterocycles. The van der Waals surface area contributed by atoms with Crippen LogP contribution in [0, 0.1) is 0 Å². The molecule has 0 saturated carbocycles. The topological polar surface area (TPSA) is 75.2 Å². The van der Waals surface area contributed by atoms with E-state index in [9.17, 15) is 0 Å². The summed E-state index contributed by atoms with van der Waals surface area (Å²) in [6.07, 6.45) is 1.97. The molecule has 0 saturated heterocycles. The van der Waals surface area contributed by atoms with E-state index in [2.05, 4.69) is 17.2 Å². The van der Waals surface area contributed by atoms with E-state index in [4.69, 9.17) is 15.2 Å². The van der Waals surface area contributed by atoms with Crippen LogP contribution >= 0.6 is 0 Å². The predicted octanol–water partition coefficient (Wildman–Crippen LogP) is 1.78. The molecule has 21 heavy (non-hydrogen) atoms. The number of hydrogen-bond acceptors (Lipinski definition) is 5. The van der Waals surface area contributed by atoms with Gasteiger partial charge in [-0.1, -0.05) is 18.6 Å². The molecule has 0 atom stereocenters. The zero-order valence-corrected chi connectivity index (χ0v) is 12.6. The third-order valence-electron chi connectivity index (χ3n) is 3.23. The van der Waals surface area contributed by atoms with Crippen LogP contribution in [0.1, 0.15) is 24.7 Å². The third kappa shape index (κ3) is 3.95. The van der Waals surface area contributed by atoms with Crippen LogP contribution in [0.25, 0.3) is 0 Å². The van der Waals surface area contributed by atoms with Gasteiger partial charge in [0.1, 0.15) is 18.1 Å². The molecule has 0 radical (unpaired) electrons. The molecule has 0 amide bonds. The number of hydrogen-bond donors (Lipinski definition) is 1. The summed E-state index contributed by atoms with van der Waals surface area (Å²) in [5.74, 6) is 1.63. The molecule has 1 aromatic heterocycles. The molecule has 0 aliphatic rings. The lowest BCUT2D eigenvalue weighted by Gasteiger charge is -2.09. The fourth-order valence-electron chi connectivity index (χ4n) is 2.14. The number of aromatic nitrogens is 3. The highest BCUT2D eigenvalue weighted by Crippen LogP contribution is 2.17. The highest BCUT2D eigenvalue weighted by Gasteiger charge is 2.10. The maximum absolute atomic E-state index is 5.71. The Labute approximate surface area is 124 Å². The summed E-state index contributed by atoms with van der Waals surface area (Å²) in [7, 11) is 1.64. The van der Waals surface area contributed by atoms with Crippen molar-refractivity contribution in [2.45, 2.75) is 32.9 Å². The molecule has 0 bridgehead atoms. The number of methoxy groups -OCH3 is 1. The maximum atomic E-state index is 5.71. The van der Waals surface area contributed by atoms with E-state index >= 15 is 0 Å². The highest BCUT2D eigenvalue weighted by molar-refractivity contribution is 5.31. The number of nitrogens with two attached hydrogens (primary N) is 1. The summed E-state index contributed by atoms with van der Waals surface area (Å²) in [6, 6.07) is 7.52. The minimum atomic E-state index is 0.425. The second kappa shape index (κ2) is 7.64. The molecule has 2 N–H and O–H groups in total. The number of rotatable bonds is 8. The number of nitrogens with zero attached hydrogens (tertiary/aromatic N) is 3. The van der Waals surface area contributed by atoms with Crippen LogP contribution in [0.3, 0.4) is 0 Å². The van der Waals surface area contributed by atoms with Gasteiger partial charge in [0, 0.05) is 6.54 Å². The Morgan fingerprint density at radius 2 is 1.90 bits per heavy atom. The van der Waals surface area contributed by atoms with Crippen LogP contribution < -0.4 is 15.2 Å². The average molecular weight is 290 g/mol. The van der Waals surface area contributed by atoms with Crippen molar-refractivity contribution in [3.8, 4) is 11.5 Å². The largest absolute Gasteiger partial charge is 0.497 e. The van der Waals surface area contributed by atoms with E-state index in [1.54, 1.807) is 7.11 Å². The Morgan fingerprint density at radius 3 is 2.52 bits per heavy atom. The molecule has 0 aliphatic carbocycles. The van der Waals surface area contributed by atoms with Gasteiger partial charge in [0.15, 0.2) is 0 Å². The molecule has 6 heteroatoms. The maximum Gasteiger partial charge on any atom is 0.119 e. The normalized spacial score (nSPS) is 10.6. The Kier molecular flexibility index (Phi) is 5.57. The van der Waals surface area contributed by atoms with Gasteiger partial charge < -0.3 is 15.2 Å². The summed E-state index contributed by atoms with van der Waals surface area (Å²) >= 11 is 0. The quantitative estimate of drug-likeness (QED) is 0.802. The first kappa shape index (κ1) is 15.3. The SMILES string of the molecule is CCCc1c(CN)nnn1CCOc1ccc(OC)cc1. The Bertz CT molecular complexity index is 551. The lowest BCUT2D eigenvalue weighted by atomic mass is 10.2. The predicted molar refractivity (Wildman–Crippen MR) is 80.4 cm³/mol. The molecule has 1 aromatic carbocycles. The average Bonchev–Trinajstić information content (AvgIpc) is 2.91. The van der Waals surface area contributed by atoms with E-state index in [1.165, 1.54) is 0 Å². The van der Waals surface area contributed by atoms with Crippen molar-refractivity contribution in [1.82, 2.24) is 15.0 Å². The first-order valence-corrected chi connectivity index (χ1v) is 7.16. The van der Waals surface area contributed by atoms with Gasteiger partial charge in [-0.15, -0.1) is 5.10 Å².